The molecule has 0 spiro atoms. The molecule has 0 aliphatic rings. The Bertz CT molecular complexity index is 463. The van der Waals surface area contributed by atoms with E-state index in [1.165, 1.54) is 7.11 Å². The minimum absolute atomic E-state index is 0.0727. The number of rotatable bonds is 7. The number of ether oxygens (including phenoxy) is 1. The van der Waals surface area contributed by atoms with Crippen LogP contribution in [0.5, 0.6) is 0 Å². The molecule has 20 heavy (non-hydrogen) atoms. The smallest absolute Gasteiger partial charge is 0.323 e. The minimum Gasteiger partial charge on any atom is -0.468 e. The topological polar surface area (TPSA) is 51.2 Å². The Hall–Kier alpha value is -1.20. The molecule has 0 aliphatic heterocycles. The van der Waals surface area contributed by atoms with E-state index in [0.29, 0.717) is 6.42 Å². The molecule has 4 nitrogen and oxygen atoms in total. The third-order valence-electron chi connectivity index (χ3n) is 3.00. The molecule has 0 saturated heterocycles. The van der Waals surface area contributed by atoms with Gasteiger partial charge in [-0.05, 0) is 40.4 Å². The fourth-order valence-electron chi connectivity index (χ4n) is 1.94. The van der Waals surface area contributed by atoms with Gasteiger partial charge in [-0.3, -0.25) is 10.1 Å². The number of nitrogens with one attached hydrogen (secondary N) is 1. The molecule has 0 aromatic carbocycles. The highest BCUT2D eigenvalue weighted by Gasteiger charge is 2.26. The van der Waals surface area contributed by atoms with Crippen molar-refractivity contribution in [3.05, 3.63) is 41.2 Å². The van der Waals surface area contributed by atoms with Gasteiger partial charge in [0.2, 0.25) is 0 Å². The van der Waals surface area contributed by atoms with Crippen LogP contribution >= 0.6 is 15.9 Å². The fourth-order valence-corrected chi connectivity index (χ4v) is 2.29. The second kappa shape index (κ2) is 8.17. The number of esters is 1. The molecule has 0 amide bonds. The highest BCUT2D eigenvalue weighted by Crippen LogP contribution is 2.20. The quantitative estimate of drug-likeness (QED) is 0.470. The van der Waals surface area contributed by atoms with Crippen LogP contribution in [0.2, 0.25) is 0 Å². The third kappa shape index (κ3) is 4.72. The van der Waals surface area contributed by atoms with E-state index >= 15 is 0 Å². The number of carbonyl (C=O) groups excluding carboxylic acids is 1. The zero-order valence-corrected chi connectivity index (χ0v) is 13.7. The van der Waals surface area contributed by atoms with Gasteiger partial charge in [0.25, 0.3) is 0 Å². The lowest BCUT2D eigenvalue weighted by Gasteiger charge is -2.25. The standard InChI is InChI=1S/C15H21BrN2O2/c1-5-7-11(12-8-6-9-13(16)17-12)18-14(10(2)3)15(19)20-4/h5-6,8-11,14,18H,1,7H2,2-4H3/t11-,14?/m0/s1. The van der Waals surface area contributed by atoms with E-state index in [4.69, 9.17) is 4.74 Å². The molecule has 1 aromatic rings. The van der Waals surface area contributed by atoms with Crippen molar-refractivity contribution in [2.45, 2.75) is 32.4 Å². The maximum Gasteiger partial charge on any atom is 0.323 e. The molecule has 5 heteroatoms. The average molecular weight is 341 g/mol. The van der Waals surface area contributed by atoms with Gasteiger partial charge in [0.1, 0.15) is 10.6 Å². The zero-order valence-electron chi connectivity index (χ0n) is 12.1. The monoisotopic (exact) mass is 340 g/mol. The van der Waals surface area contributed by atoms with Crippen LogP contribution in [0.4, 0.5) is 0 Å². The number of hydrogen-bond acceptors (Lipinski definition) is 4. The zero-order chi connectivity index (χ0) is 15.1. The molecule has 0 radical (unpaired) electrons. The maximum atomic E-state index is 11.9. The van der Waals surface area contributed by atoms with Crippen LogP contribution in [0.1, 0.15) is 32.0 Å². The van der Waals surface area contributed by atoms with E-state index in [1.807, 2.05) is 38.1 Å². The summed E-state index contributed by atoms with van der Waals surface area (Å²) in [5.74, 6) is -0.133. The Balaban J connectivity index is 2.95. The Morgan fingerprint density at radius 2 is 2.25 bits per heavy atom. The van der Waals surface area contributed by atoms with Gasteiger partial charge in [-0.1, -0.05) is 26.0 Å². The molecule has 0 aliphatic carbocycles. The first-order valence-corrected chi connectivity index (χ1v) is 7.36. The van der Waals surface area contributed by atoms with Crippen molar-refractivity contribution in [1.82, 2.24) is 10.3 Å². The Labute approximate surface area is 128 Å². The first kappa shape index (κ1) is 16.9. The molecule has 1 unspecified atom stereocenters. The number of halogens is 1. The van der Waals surface area contributed by atoms with Gasteiger partial charge in [-0.15, -0.1) is 6.58 Å². The number of aromatic nitrogens is 1. The summed E-state index contributed by atoms with van der Waals surface area (Å²) in [6.45, 7) is 7.73. The van der Waals surface area contributed by atoms with E-state index in [9.17, 15) is 4.79 Å². The van der Waals surface area contributed by atoms with Crippen LogP contribution in [0.15, 0.2) is 35.5 Å². The molecule has 1 aromatic heterocycles. The van der Waals surface area contributed by atoms with Gasteiger partial charge in [-0.25, -0.2) is 4.98 Å². The number of methoxy groups -OCH3 is 1. The molecule has 1 N–H and O–H groups in total. The van der Waals surface area contributed by atoms with Gasteiger partial charge in [-0.2, -0.15) is 0 Å². The molecular weight excluding hydrogens is 320 g/mol. The van der Waals surface area contributed by atoms with E-state index in [1.54, 1.807) is 0 Å². The summed E-state index contributed by atoms with van der Waals surface area (Å²) in [5, 5.41) is 3.32. The van der Waals surface area contributed by atoms with Crippen molar-refractivity contribution >= 4 is 21.9 Å². The summed E-state index contributed by atoms with van der Waals surface area (Å²) < 4.78 is 5.62. The number of pyridine rings is 1. The minimum atomic E-state index is -0.370. The molecule has 0 saturated carbocycles. The first-order valence-electron chi connectivity index (χ1n) is 6.56. The summed E-state index contributed by atoms with van der Waals surface area (Å²) >= 11 is 3.36. The van der Waals surface area contributed by atoms with E-state index in [0.717, 1.165) is 10.3 Å². The van der Waals surface area contributed by atoms with Crippen molar-refractivity contribution in [2.75, 3.05) is 7.11 Å². The van der Waals surface area contributed by atoms with Gasteiger partial charge in [0, 0.05) is 0 Å². The number of nitrogens with zero attached hydrogens (tertiary/aromatic N) is 1. The second-order valence-electron chi connectivity index (χ2n) is 4.87. The van der Waals surface area contributed by atoms with E-state index in [-0.39, 0.29) is 24.0 Å². The molecule has 110 valence electrons. The lowest BCUT2D eigenvalue weighted by molar-refractivity contribution is -0.144. The summed E-state index contributed by atoms with van der Waals surface area (Å²) in [4.78, 5) is 16.3. The maximum absolute atomic E-state index is 11.9. The normalized spacial score (nSPS) is 13.8. The van der Waals surface area contributed by atoms with Gasteiger partial charge >= 0.3 is 5.97 Å². The Morgan fingerprint density at radius 3 is 2.75 bits per heavy atom. The Morgan fingerprint density at radius 1 is 1.55 bits per heavy atom. The third-order valence-corrected chi connectivity index (χ3v) is 3.44. The predicted molar refractivity (Wildman–Crippen MR) is 83.3 cm³/mol. The lowest BCUT2D eigenvalue weighted by Crippen LogP contribution is -2.43. The fraction of sp³-hybridized carbons (Fsp3) is 0.467. The van der Waals surface area contributed by atoms with Gasteiger partial charge < -0.3 is 4.74 Å². The molecule has 0 fully saturated rings. The summed E-state index contributed by atoms with van der Waals surface area (Å²) in [6.07, 6.45) is 2.50. The van der Waals surface area contributed by atoms with Crippen LogP contribution in [0.3, 0.4) is 0 Å². The summed E-state index contributed by atoms with van der Waals surface area (Å²) in [6, 6.07) is 5.28. The van der Waals surface area contributed by atoms with E-state index < -0.39 is 0 Å². The first-order chi connectivity index (χ1) is 9.49. The van der Waals surface area contributed by atoms with Crippen molar-refractivity contribution in [2.24, 2.45) is 5.92 Å². The second-order valence-corrected chi connectivity index (χ2v) is 5.69. The van der Waals surface area contributed by atoms with Crippen molar-refractivity contribution < 1.29 is 9.53 Å². The average Bonchev–Trinajstić information content (AvgIpc) is 2.42. The predicted octanol–water partition coefficient (Wildman–Crippen LogP) is 3.25. The van der Waals surface area contributed by atoms with Crippen LogP contribution < -0.4 is 5.32 Å². The van der Waals surface area contributed by atoms with Crippen molar-refractivity contribution in [1.29, 1.82) is 0 Å². The van der Waals surface area contributed by atoms with Crippen LogP contribution in [0.25, 0.3) is 0 Å². The van der Waals surface area contributed by atoms with Gasteiger partial charge in [0.15, 0.2) is 0 Å². The van der Waals surface area contributed by atoms with Crippen LogP contribution in [-0.4, -0.2) is 24.1 Å². The summed E-state index contributed by atoms with van der Waals surface area (Å²) in [7, 11) is 1.40. The highest BCUT2D eigenvalue weighted by molar-refractivity contribution is 9.10. The SMILES string of the molecule is C=CC[C@H](NC(C(=O)OC)C(C)C)c1cccc(Br)n1. The molecule has 0 bridgehead atoms. The van der Waals surface area contributed by atoms with Crippen molar-refractivity contribution in [3.63, 3.8) is 0 Å². The molecular formula is C15H21BrN2O2. The number of carbonyl (C=O) groups is 1. The Kier molecular flexibility index (Phi) is 6.88. The van der Waals surface area contributed by atoms with Crippen LogP contribution in [0, 0.1) is 5.92 Å². The largest absolute Gasteiger partial charge is 0.468 e. The molecule has 2 atom stereocenters. The number of hydrogen-bond donors (Lipinski definition) is 1. The van der Waals surface area contributed by atoms with Gasteiger partial charge in [0.05, 0.1) is 18.8 Å². The van der Waals surface area contributed by atoms with Crippen LogP contribution in [-0.2, 0) is 9.53 Å². The molecule has 1 rings (SSSR count). The lowest BCUT2D eigenvalue weighted by atomic mass is 10.0. The van der Waals surface area contributed by atoms with Crippen molar-refractivity contribution in [3.8, 4) is 0 Å². The highest BCUT2D eigenvalue weighted by atomic mass is 79.9. The molecule has 1 heterocycles. The van der Waals surface area contributed by atoms with E-state index in [2.05, 4.69) is 32.8 Å². The summed E-state index contributed by atoms with van der Waals surface area (Å²) in [5.41, 5.74) is 0.869.